The van der Waals surface area contributed by atoms with E-state index in [1.54, 1.807) is 68.7 Å². The Morgan fingerprint density at radius 2 is 1.66 bits per heavy atom. The molecule has 1 N–H and O–H groups in total. The third-order valence-electron chi connectivity index (χ3n) is 4.74. The first-order valence-corrected chi connectivity index (χ1v) is 10.3. The minimum Gasteiger partial charge on any atom is -0.497 e. The summed E-state index contributed by atoms with van der Waals surface area (Å²) in [7, 11) is 4.76. The van der Waals surface area contributed by atoms with Crippen molar-refractivity contribution in [1.82, 2.24) is 0 Å². The van der Waals surface area contributed by atoms with Crippen molar-refractivity contribution in [3.63, 3.8) is 0 Å². The SMILES string of the molecule is COc1ccc(N(C/C=C/c2ccccc2OC)C(=O)Nc2ccc(Cl)cc2)c(OC)c1. The summed E-state index contributed by atoms with van der Waals surface area (Å²) in [6, 6.07) is 19.6. The van der Waals surface area contributed by atoms with Crippen molar-refractivity contribution in [3.8, 4) is 17.2 Å². The minimum atomic E-state index is -0.319. The van der Waals surface area contributed by atoms with E-state index in [2.05, 4.69) is 5.32 Å². The molecule has 0 atom stereocenters. The first-order valence-electron chi connectivity index (χ1n) is 9.91. The fourth-order valence-corrected chi connectivity index (χ4v) is 3.24. The molecular weight excluding hydrogens is 428 g/mol. The molecule has 0 bridgehead atoms. The Kier molecular flexibility index (Phi) is 8.00. The molecule has 0 aliphatic heterocycles. The zero-order valence-electron chi connectivity index (χ0n) is 18.2. The van der Waals surface area contributed by atoms with E-state index in [9.17, 15) is 4.79 Å². The molecule has 0 aliphatic carbocycles. The quantitative estimate of drug-likeness (QED) is 0.447. The highest BCUT2D eigenvalue weighted by Crippen LogP contribution is 2.33. The largest absolute Gasteiger partial charge is 0.497 e. The van der Waals surface area contributed by atoms with Gasteiger partial charge in [-0.25, -0.2) is 4.79 Å². The van der Waals surface area contributed by atoms with E-state index in [1.165, 1.54) is 0 Å². The minimum absolute atomic E-state index is 0.292. The van der Waals surface area contributed by atoms with Gasteiger partial charge in [0.1, 0.15) is 17.2 Å². The number of hydrogen-bond acceptors (Lipinski definition) is 4. The standard InChI is InChI=1S/C25H25ClN2O4/c1-30-21-14-15-22(24(17-21)32-3)28(25(29)27-20-12-10-19(26)11-13-20)16-6-8-18-7-4-5-9-23(18)31-2/h4-15,17H,16H2,1-3H3,(H,27,29)/b8-6+. The highest BCUT2D eigenvalue weighted by molar-refractivity contribution is 6.30. The average Bonchev–Trinajstić information content (AvgIpc) is 2.83. The van der Waals surface area contributed by atoms with Crippen LogP contribution in [-0.2, 0) is 0 Å². The summed E-state index contributed by atoms with van der Waals surface area (Å²) in [4.78, 5) is 14.8. The second-order valence-corrected chi connectivity index (χ2v) is 7.17. The highest BCUT2D eigenvalue weighted by atomic mass is 35.5. The van der Waals surface area contributed by atoms with Gasteiger partial charge < -0.3 is 19.5 Å². The van der Waals surface area contributed by atoms with Crippen LogP contribution in [0.25, 0.3) is 6.08 Å². The molecule has 0 unspecified atom stereocenters. The normalized spacial score (nSPS) is 10.6. The molecular formula is C25H25ClN2O4. The monoisotopic (exact) mass is 452 g/mol. The summed E-state index contributed by atoms with van der Waals surface area (Å²) < 4.78 is 16.2. The van der Waals surface area contributed by atoms with E-state index in [1.807, 2.05) is 36.4 Å². The molecule has 2 amide bonds. The van der Waals surface area contributed by atoms with E-state index in [0.29, 0.717) is 34.4 Å². The lowest BCUT2D eigenvalue weighted by atomic mass is 10.2. The van der Waals surface area contributed by atoms with E-state index in [0.717, 1.165) is 11.3 Å². The Bertz CT molecular complexity index is 1080. The predicted octanol–water partition coefficient (Wildman–Crippen LogP) is 6.12. The summed E-state index contributed by atoms with van der Waals surface area (Å²) in [6.07, 6.45) is 3.81. The number of methoxy groups -OCH3 is 3. The molecule has 3 aromatic carbocycles. The van der Waals surface area contributed by atoms with Crippen LogP contribution >= 0.6 is 11.6 Å². The van der Waals surface area contributed by atoms with Crippen molar-refractivity contribution >= 4 is 35.1 Å². The number of rotatable bonds is 8. The molecule has 0 heterocycles. The molecule has 6 nitrogen and oxygen atoms in total. The smallest absolute Gasteiger partial charge is 0.326 e. The number of nitrogens with one attached hydrogen (secondary N) is 1. The van der Waals surface area contributed by atoms with Crippen molar-refractivity contribution in [1.29, 1.82) is 0 Å². The highest BCUT2D eigenvalue weighted by Gasteiger charge is 2.19. The third kappa shape index (κ3) is 5.74. The summed E-state index contributed by atoms with van der Waals surface area (Å²) in [6.45, 7) is 0.292. The number of nitrogens with zero attached hydrogens (tertiary/aromatic N) is 1. The number of amides is 2. The van der Waals surface area contributed by atoms with Crippen molar-refractivity contribution in [3.05, 3.63) is 83.4 Å². The maximum absolute atomic E-state index is 13.2. The van der Waals surface area contributed by atoms with Crippen LogP contribution in [0, 0.1) is 0 Å². The van der Waals surface area contributed by atoms with E-state index >= 15 is 0 Å². The number of carbonyl (C=O) groups excluding carboxylic acids is 1. The van der Waals surface area contributed by atoms with Gasteiger partial charge in [0.2, 0.25) is 0 Å². The summed E-state index contributed by atoms with van der Waals surface area (Å²) in [5.74, 6) is 1.90. The lowest BCUT2D eigenvalue weighted by molar-refractivity contribution is 0.257. The second-order valence-electron chi connectivity index (χ2n) is 6.73. The average molecular weight is 453 g/mol. The van der Waals surface area contributed by atoms with Gasteiger partial charge in [0.05, 0.1) is 27.0 Å². The molecule has 3 aromatic rings. The van der Waals surface area contributed by atoms with Gasteiger partial charge in [0.25, 0.3) is 0 Å². The summed E-state index contributed by atoms with van der Waals surface area (Å²) in [5, 5.41) is 3.50. The Balaban J connectivity index is 1.90. The Hall–Kier alpha value is -3.64. The second kappa shape index (κ2) is 11.1. The number of carbonyl (C=O) groups is 1. The van der Waals surface area contributed by atoms with Gasteiger partial charge in [0, 0.05) is 28.9 Å². The number of urea groups is 1. The maximum Gasteiger partial charge on any atom is 0.326 e. The van der Waals surface area contributed by atoms with Crippen LogP contribution < -0.4 is 24.4 Å². The Morgan fingerprint density at radius 1 is 0.938 bits per heavy atom. The number of para-hydroxylation sites is 1. The molecule has 3 rings (SSSR count). The number of ether oxygens (including phenoxy) is 3. The molecule has 0 spiro atoms. The molecule has 166 valence electrons. The molecule has 0 saturated heterocycles. The summed E-state index contributed by atoms with van der Waals surface area (Å²) in [5.41, 5.74) is 2.14. The van der Waals surface area contributed by atoms with Crippen LogP contribution in [0.15, 0.2) is 72.8 Å². The van der Waals surface area contributed by atoms with Crippen molar-refractivity contribution < 1.29 is 19.0 Å². The molecule has 0 radical (unpaired) electrons. The van der Waals surface area contributed by atoms with Gasteiger partial charge in [-0.1, -0.05) is 42.0 Å². The molecule has 0 aliphatic rings. The van der Waals surface area contributed by atoms with Crippen LogP contribution in [0.4, 0.5) is 16.2 Å². The number of halogens is 1. The topological polar surface area (TPSA) is 60.0 Å². The molecule has 7 heteroatoms. The molecule has 0 fully saturated rings. The lowest BCUT2D eigenvalue weighted by Gasteiger charge is -2.24. The van der Waals surface area contributed by atoms with Crippen LogP contribution in [-0.4, -0.2) is 33.9 Å². The van der Waals surface area contributed by atoms with Crippen LogP contribution in [0.1, 0.15) is 5.56 Å². The van der Waals surface area contributed by atoms with Gasteiger partial charge in [-0.2, -0.15) is 0 Å². The Morgan fingerprint density at radius 3 is 2.34 bits per heavy atom. The number of benzene rings is 3. The first-order chi connectivity index (χ1) is 15.5. The van der Waals surface area contributed by atoms with Crippen LogP contribution in [0.3, 0.4) is 0 Å². The molecule has 0 aromatic heterocycles. The van der Waals surface area contributed by atoms with Crippen LogP contribution in [0.2, 0.25) is 5.02 Å². The van der Waals surface area contributed by atoms with Gasteiger partial charge in [0.15, 0.2) is 0 Å². The fraction of sp³-hybridized carbons (Fsp3) is 0.160. The third-order valence-corrected chi connectivity index (χ3v) is 4.99. The van der Waals surface area contributed by atoms with Crippen molar-refractivity contribution in [2.24, 2.45) is 0 Å². The van der Waals surface area contributed by atoms with Gasteiger partial charge >= 0.3 is 6.03 Å². The van der Waals surface area contributed by atoms with E-state index in [-0.39, 0.29) is 6.03 Å². The maximum atomic E-state index is 13.2. The first kappa shape index (κ1) is 23.0. The van der Waals surface area contributed by atoms with Gasteiger partial charge in [-0.3, -0.25) is 4.90 Å². The zero-order chi connectivity index (χ0) is 22.9. The van der Waals surface area contributed by atoms with Crippen molar-refractivity contribution in [2.75, 3.05) is 38.1 Å². The lowest BCUT2D eigenvalue weighted by Crippen LogP contribution is -2.35. The summed E-state index contributed by atoms with van der Waals surface area (Å²) >= 11 is 5.96. The van der Waals surface area contributed by atoms with Crippen LogP contribution in [0.5, 0.6) is 17.2 Å². The number of anilines is 2. The zero-order valence-corrected chi connectivity index (χ0v) is 18.9. The van der Waals surface area contributed by atoms with Gasteiger partial charge in [-0.15, -0.1) is 0 Å². The van der Waals surface area contributed by atoms with E-state index in [4.69, 9.17) is 25.8 Å². The predicted molar refractivity (Wildman–Crippen MR) is 129 cm³/mol. The molecule has 0 saturated carbocycles. The Labute approximate surface area is 193 Å². The van der Waals surface area contributed by atoms with Crippen molar-refractivity contribution in [2.45, 2.75) is 0 Å². The fourth-order valence-electron chi connectivity index (χ4n) is 3.11. The number of hydrogen-bond donors (Lipinski definition) is 1. The van der Waals surface area contributed by atoms with Gasteiger partial charge in [-0.05, 0) is 42.5 Å². The van der Waals surface area contributed by atoms with E-state index < -0.39 is 0 Å². The molecule has 32 heavy (non-hydrogen) atoms.